The third kappa shape index (κ3) is 4.16. The van der Waals surface area contributed by atoms with Crippen LogP contribution in [0.3, 0.4) is 0 Å². The van der Waals surface area contributed by atoms with E-state index in [-0.39, 0.29) is 6.61 Å². The smallest absolute Gasteiger partial charge is 0.416 e. The van der Waals surface area contributed by atoms with Crippen LogP contribution in [0.15, 0.2) is 61.1 Å². The fourth-order valence-corrected chi connectivity index (χ4v) is 2.26. The zero-order chi connectivity index (χ0) is 17.0. The number of alkyl halides is 3. The number of hydrogen-bond acceptors (Lipinski definition) is 2. The van der Waals surface area contributed by atoms with Gasteiger partial charge in [0.2, 0.25) is 0 Å². The molecular weight excluding hydrogens is 317 g/mol. The largest absolute Gasteiger partial charge is 0.489 e. The van der Waals surface area contributed by atoms with Crippen LogP contribution < -0.4 is 4.74 Å². The predicted octanol–water partition coefficient (Wildman–Crippen LogP) is 4.60. The number of rotatable bonds is 5. The van der Waals surface area contributed by atoms with Gasteiger partial charge in [0, 0.05) is 18.3 Å². The summed E-state index contributed by atoms with van der Waals surface area (Å²) >= 11 is 0. The molecule has 0 saturated heterocycles. The molecule has 6 heteroatoms. The van der Waals surface area contributed by atoms with Crippen LogP contribution in [0.1, 0.15) is 22.4 Å². The Balaban J connectivity index is 1.56. The minimum atomic E-state index is -4.32. The van der Waals surface area contributed by atoms with Gasteiger partial charge in [-0.05, 0) is 35.4 Å². The third-order valence-electron chi connectivity index (χ3n) is 3.56. The summed E-state index contributed by atoms with van der Waals surface area (Å²) in [6.45, 7) is 0.220. The van der Waals surface area contributed by atoms with E-state index in [2.05, 4.69) is 9.97 Å². The lowest BCUT2D eigenvalue weighted by Gasteiger charge is -2.09. The Hall–Kier alpha value is -2.76. The van der Waals surface area contributed by atoms with Crippen molar-refractivity contribution in [2.24, 2.45) is 0 Å². The molecule has 2 aromatic carbocycles. The number of ether oxygens (including phenoxy) is 1. The molecule has 0 fully saturated rings. The number of aromatic amines is 1. The van der Waals surface area contributed by atoms with Crippen LogP contribution >= 0.6 is 0 Å². The summed E-state index contributed by atoms with van der Waals surface area (Å²) in [4.78, 5) is 7.01. The van der Waals surface area contributed by atoms with Crippen molar-refractivity contribution in [2.45, 2.75) is 19.2 Å². The first-order valence-corrected chi connectivity index (χ1v) is 7.36. The molecule has 1 aromatic heterocycles. The fraction of sp³-hybridized carbons (Fsp3) is 0.167. The molecule has 3 rings (SSSR count). The van der Waals surface area contributed by atoms with Gasteiger partial charge in [0.1, 0.15) is 12.4 Å². The Morgan fingerprint density at radius 2 is 1.58 bits per heavy atom. The summed E-state index contributed by atoms with van der Waals surface area (Å²) < 4.78 is 43.1. The lowest BCUT2D eigenvalue weighted by molar-refractivity contribution is -0.137. The second-order valence-electron chi connectivity index (χ2n) is 5.38. The number of nitrogens with one attached hydrogen (secondary N) is 1. The summed E-state index contributed by atoms with van der Waals surface area (Å²) in [7, 11) is 0. The van der Waals surface area contributed by atoms with Crippen molar-refractivity contribution in [1.29, 1.82) is 0 Å². The first kappa shape index (κ1) is 16.1. The van der Waals surface area contributed by atoms with Crippen molar-refractivity contribution >= 4 is 0 Å². The highest BCUT2D eigenvalue weighted by Gasteiger charge is 2.29. The maximum atomic E-state index is 12.5. The van der Waals surface area contributed by atoms with Gasteiger partial charge in [-0.1, -0.05) is 24.3 Å². The topological polar surface area (TPSA) is 37.9 Å². The van der Waals surface area contributed by atoms with E-state index < -0.39 is 11.7 Å². The molecule has 0 aliphatic heterocycles. The standard InChI is InChI=1S/C18H15F3N2O/c19-18(20,21)15-5-1-14(2-6-15)11-24-17-7-3-13(4-8-17)9-16-10-22-12-23-16/h1-8,10,12H,9,11H2,(H,22,23). The van der Waals surface area contributed by atoms with E-state index in [0.29, 0.717) is 11.3 Å². The molecule has 0 spiro atoms. The third-order valence-corrected chi connectivity index (χ3v) is 3.56. The van der Waals surface area contributed by atoms with Crippen molar-refractivity contribution in [1.82, 2.24) is 9.97 Å². The summed E-state index contributed by atoms with van der Waals surface area (Å²) in [5, 5.41) is 0. The molecule has 0 bridgehead atoms. The highest BCUT2D eigenvalue weighted by molar-refractivity contribution is 5.30. The van der Waals surface area contributed by atoms with Gasteiger partial charge in [-0.3, -0.25) is 0 Å². The molecule has 24 heavy (non-hydrogen) atoms. The fourth-order valence-electron chi connectivity index (χ4n) is 2.26. The summed E-state index contributed by atoms with van der Waals surface area (Å²) in [5.74, 6) is 0.670. The van der Waals surface area contributed by atoms with E-state index in [1.165, 1.54) is 12.1 Å². The highest BCUT2D eigenvalue weighted by atomic mass is 19.4. The molecule has 1 heterocycles. The summed E-state index contributed by atoms with van der Waals surface area (Å²) in [6, 6.07) is 12.6. The van der Waals surface area contributed by atoms with Gasteiger partial charge in [0.25, 0.3) is 0 Å². The van der Waals surface area contributed by atoms with Gasteiger partial charge >= 0.3 is 6.18 Å². The van der Waals surface area contributed by atoms with Gasteiger partial charge in [-0.25, -0.2) is 4.98 Å². The van der Waals surface area contributed by atoms with Crippen LogP contribution in [0, 0.1) is 0 Å². The summed E-state index contributed by atoms with van der Waals surface area (Å²) in [6.07, 6.45) is -0.158. The summed E-state index contributed by atoms with van der Waals surface area (Å²) in [5.41, 5.74) is 2.16. The zero-order valence-electron chi connectivity index (χ0n) is 12.7. The predicted molar refractivity (Wildman–Crippen MR) is 83.6 cm³/mol. The molecule has 0 aliphatic rings. The monoisotopic (exact) mass is 332 g/mol. The van der Waals surface area contributed by atoms with Crippen LogP contribution in [-0.4, -0.2) is 9.97 Å². The molecule has 3 aromatic rings. The number of benzene rings is 2. The molecule has 0 amide bonds. The first-order valence-electron chi connectivity index (χ1n) is 7.36. The minimum Gasteiger partial charge on any atom is -0.489 e. The lowest BCUT2D eigenvalue weighted by atomic mass is 10.1. The van der Waals surface area contributed by atoms with Crippen LogP contribution in [0.5, 0.6) is 5.75 Å². The van der Waals surface area contributed by atoms with Crippen molar-refractivity contribution in [2.75, 3.05) is 0 Å². The van der Waals surface area contributed by atoms with Crippen molar-refractivity contribution < 1.29 is 17.9 Å². The average Bonchev–Trinajstić information content (AvgIpc) is 3.07. The van der Waals surface area contributed by atoms with Crippen LogP contribution in [-0.2, 0) is 19.2 Å². The van der Waals surface area contributed by atoms with Crippen LogP contribution in [0.2, 0.25) is 0 Å². The zero-order valence-corrected chi connectivity index (χ0v) is 12.7. The average molecular weight is 332 g/mol. The van der Waals surface area contributed by atoms with E-state index in [9.17, 15) is 13.2 Å². The van der Waals surface area contributed by atoms with E-state index in [1.807, 2.05) is 24.3 Å². The SMILES string of the molecule is FC(F)(F)c1ccc(COc2ccc(Cc3cnc[nH]3)cc2)cc1. The van der Waals surface area contributed by atoms with E-state index in [0.717, 1.165) is 29.8 Å². The number of hydrogen-bond donors (Lipinski definition) is 1. The van der Waals surface area contributed by atoms with Crippen molar-refractivity contribution in [3.63, 3.8) is 0 Å². The number of H-pyrrole nitrogens is 1. The van der Waals surface area contributed by atoms with Gasteiger partial charge in [-0.15, -0.1) is 0 Å². The second kappa shape index (κ2) is 6.78. The number of aromatic nitrogens is 2. The molecule has 124 valence electrons. The van der Waals surface area contributed by atoms with Crippen LogP contribution in [0.4, 0.5) is 13.2 Å². The van der Waals surface area contributed by atoms with E-state index in [4.69, 9.17) is 4.74 Å². The normalized spacial score (nSPS) is 11.5. The van der Waals surface area contributed by atoms with Crippen molar-refractivity contribution in [3.05, 3.63) is 83.4 Å². The molecule has 3 nitrogen and oxygen atoms in total. The Morgan fingerprint density at radius 1 is 0.917 bits per heavy atom. The maximum Gasteiger partial charge on any atom is 0.416 e. The second-order valence-corrected chi connectivity index (χ2v) is 5.38. The van der Waals surface area contributed by atoms with Gasteiger partial charge in [-0.2, -0.15) is 13.2 Å². The molecule has 1 N–H and O–H groups in total. The lowest BCUT2D eigenvalue weighted by Crippen LogP contribution is -2.05. The number of halogens is 3. The first-order chi connectivity index (χ1) is 11.5. The van der Waals surface area contributed by atoms with Crippen molar-refractivity contribution in [3.8, 4) is 5.75 Å². The van der Waals surface area contributed by atoms with Crippen LogP contribution in [0.25, 0.3) is 0 Å². The molecular formula is C18H15F3N2O. The van der Waals surface area contributed by atoms with Gasteiger partial charge in [0.05, 0.1) is 11.9 Å². The van der Waals surface area contributed by atoms with E-state index >= 15 is 0 Å². The van der Waals surface area contributed by atoms with E-state index in [1.54, 1.807) is 12.5 Å². The van der Waals surface area contributed by atoms with Gasteiger partial charge in [0.15, 0.2) is 0 Å². The Kier molecular flexibility index (Phi) is 4.55. The quantitative estimate of drug-likeness (QED) is 0.741. The highest BCUT2D eigenvalue weighted by Crippen LogP contribution is 2.29. The molecule has 0 saturated carbocycles. The minimum absolute atomic E-state index is 0.220. The Labute approximate surface area is 137 Å². The molecule has 0 aliphatic carbocycles. The molecule has 0 unspecified atom stereocenters. The Morgan fingerprint density at radius 3 is 2.17 bits per heavy atom. The maximum absolute atomic E-state index is 12.5. The number of imidazole rings is 1. The molecule has 0 atom stereocenters. The Bertz CT molecular complexity index is 764. The molecule has 0 radical (unpaired) electrons. The van der Waals surface area contributed by atoms with Gasteiger partial charge < -0.3 is 9.72 Å². The number of nitrogens with zero attached hydrogens (tertiary/aromatic N) is 1.